The molecule has 0 aromatic carbocycles. The summed E-state index contributed by atoms with van der Waals surface area (Å²) in [5, 5.41) is 10.1. The number of nitrogens with zero attached hydrogens (tertiary/aromatic N) is 3. The molecule has 0 saturated heterocycles. The van der Waals surface area contributed by atoms with Crippen molar-refractivity contribution in [3.63, 3.8) is 0 Å². The molecule has 0 spiro atoms. The van der Waals surface area contributed by atoms with Gasteiger partial charge in [0.15, 0.2) is 5.65 Å². The highest BCUT2D eigenvalue weighted by atomic mass is 32.1. The highest BCUT2D eigenvalue weighted by Gasteiger charge is 2.10. The van der Waals surface area contributed by atoms with E-state index in [1.165, 1.54) is 4.88 Å². The topological polar surface area (TPSA) is 42.2 Å². The molecular formula is C15H18N4S. The van der Waals surface area contributed by atoms with Crippen LogP contribution in [-0.4, -0.2) is 14.6 Å². The van der Waals surface area contributed by atoms with Crippen LogP contribution in [0.15, 0.2) is 36.0 Å². The first-order valence-corrected chi connectivity index (χ1v) is 7.72. The largest absolute Gasteiger partial charge is 0.305 e. The van der Waals surface area contributed by atoms with Gasteiger partial charge >= 0.3 is 0 Å². The van der Waals surface area contributed by atoms with E-state index in [-0.39, 0.29) is 0 Å². The van der Waals surface area contributed by atoms with Gasteiger partial charge in [-0.3, -0.25) is 0 Å². The van der Waals surface area contributed by atoms with Gasteiger partial charge < -0.3 is 5.32 Å². The van der Waals surface area contributed by atoms with Crippen LogP contribution >= 0.6 is 11.3 Å². The zero-order valence-electron chi connectivity index (χ0n) is 11.7. The fourth-order valence-electron chi connectivity index (χ4n) is 2.30. The highest BCUT2D eigenvalue weighted by Crippen LogP contribution is 2.22. The van der Waals surface area contributed by atoms with Crippen molar-refractivity contribution in [3.05, 3.63) is 52.1 Å². The van der Waals surface area contributed by atoms with E-state index in [2.05, 4.69) is 39.8 Å². The maximum atomic E-state index is 4.43. The minimum absolute atomic E-state index is 0.407. The smallest absolute Gasteiger partial charge is 0.155 e. The molecule has 0 fully saturated rings. The summed E-state index contributed by atoms with van der Waals surface area (Å²) in [4.78, 5) is 5.82. The van der Waals surface area contributed by atoms with Crippen LogP contribution in [0.3, 0.4) is 0 Å². The fourth-order valence-corrected chi connectivity index (χ4v) is 3.19. The second kappa shape index (κ2) is 5.73. The van der Waals surface area contributed by atoms with Crippen molar-refractivity contribution in [3.8, 4) is 0 Å². The Hall–Kier alpha value is -1.72. The summed E-state index contributed by atoms with van der Waals surface area (Å²) in [6.07, 6.45) is 5.05. The van der Waals surface area contributed by atoms with Crippen LogP contribution in [0.1, 0.15) is 35.5 Å². The summed E-state index contributed by atoms with van der Waals surface area (Å²) >= 11 is 1.80. The molecule has 4 nitrogen and oxygen atoms in total. The van der Waals surface area contributed by atoms with Crippen molar-refractivity contribution < 1.29 is 0 Å². The van der Waals surface area contributed by atoms with E-state index in [9.17, 15) is 0 Å². The number of rotatable bonds is 5. The first-order valence-electron chi connectivity index (χ1n) is 6.84. The molecular weight excluding hydrogens is 268 g/mol. The molecule has 1 unspecified atom stereocenters. The Morgan fingerprint density at radius 2 is 2.35 bits per heavy atom. The normalized spacial score (nSPS) is 12.9. The zero-order valence-corrected chi connectivity index (χ0v) is 12.5. The fraction of sp³-hybridized carbons (Fsp3) is 0.333. The lowest BCUT2D eigenvalue weighted by Gasteiger charge is -2.15. The third kappa shape index (κ3) is 2.73. The molecule has 3 heterocycles. The van der Waals surface area contributed by atoms with E-state index >= 15 is 0 Å². The van der Waals surface area contributed by atoms with E-state index in [1.54, 1.807) is 11.3 Å². The summed E-state index contributed by atoms with van der Waals surface area (Å²) in [7, 11) is 0. The van der Waals surface area contributed by atoms with Gasteiger partial charge in [-0.1, -0.05) is 13.0 Å². The Bertz CT molecular complexity index is 687. The molecule has 3 rings (SSSR count). The first kappa shape index (κ1) is 13.3. The standard InChI is InChI=1S/C15H18N4S/c1-3-13(14-5-4-6-20-14)16-8-12-9-17-15-7-11(2)18-19(15)10-12/h4-7,9-10,13,16H,3,8H2,1-2H3. The van der Waals surface area contributed by atoms with E-state index < -0.39 is 0 Å². The molecule has 0 bridgehead atoms. The summed E-state index contributed by atoms with van der Waals surface area (Å²) in [6.45, 7) is 4.99. The van der Waals surface area contributed by atoms with Gasteiger partial charge in [-0.25, -0.2) is 9.50 Å². The summed E-state index contributed by atoms with van der Waals surface area (Å²) in [5.74, 6) is 0. The molecule has 0 saturated carbocycles. The summed E-state index contributed by atoms with van der Waals surface area (Å²) in [5.41, 5.74) is 3.04. The molecule has 0 aliphatic rings. The van der Waals surface area contributed by atoms with Gasteiger partial charge in [0.05, 0.1) is 5.69 Å². The van der Waals surface area contributed by atoms with Crippen molar-refractivity contribution in [1.29, 1.82) is 0 Å². The highest BCUT2D eigenvalue weighted by molar-refractivity contribution is 7.10. The summed E-state index contributed by atoms with van der Waals surface area (Å²) < 4.78 is 1.85. The zero-order chi connectivity index (χ0) is 13.9. The van der Waals surface area contributed by atoms with Crippen molar-refractivity contribution in [2.45, 2.75) is 32.9 Å². The lowest BCUT2D eigenvalue weighted by Crippen LogP contribution is -2.19. The number of aryl methyl sites for hydroxylation is 1. The molecule has 1 atom stereocenters. The Labute approximate surface area is 122 Å². The van der Waals surface area contributed by atoms with Crippen LogP contribution in [0.2, 0.25) is 0 Å². The average molecular weight is 286 g/mol. The van der Waals surface area contributed by atoms with Gasteiger partial charge in [0.2, 0.25) is 0 Å². The predicted molar refractivity (Wildman–Crippen MR) is 81.9 cm³/mol. The van der Waals surface area contributed by atoms with E-state index in [0.29, 0.717) is 6.04 Å². The molecule has 3 aromatic heterocycles. The van der Waals surface area contributed by atoms with Gasteiger partial charge in [0.1, 0.15) is 0 Å². The minimum atomic E-state index is 0.407. The Kier molecular flexibility index (Phi) is 3.80. The Balaban J connectivity index is 1.72. The SMILES string of the molecule is CCC(NCc1cnc2cc(C)nn2c1)c1cccs1. The molecule has 1 N–H and O–H groups in total. The second-order valence-electron chi connectivity index (χ2n) is 4.91. The van der Waals surface area contributed by atoms with Gasteiger partial charge in [-0.15, -0.1) is 11.3 Å². The van der Waals surface area contributed by atoms with E-state index in [1.807, 2.05) is 29.9 Å². The third-order valence-corrected chi connectivity index (χ3v) is 4.32. The first-order chi connectivity index (χ1) is 9.76. The van der Waals surface area contributed by atoms with Crippen LogP contribution in [-0.2, 0) is 6.54 Å². The van der Waals surface area contributed by atoms with Crippen molar-refractivity contribution >= 4 is 17.0 Å². The Morgan fingerprint density at radius 3 is 3.10 bits per heavy atom. The average Bonchev–Trinajstić information content (AvgIpc) is 3.07. The third-order valence-electron chi connectivity index (χ3n) is 3.34. The molecule has 0 aliphatic heterocycles. The van der Waals surface area contributed by atoms with E-state index in [4.69, 9.17) is 0 Å². The van der Waals surface area contributed by atoms with Crippen molar-refractivity contribution in [2.75, 3.05) is 0 Å². The maximum Gasteiger partial charge on any atom is 0.155 e. The quantitative estimate of drug-likeness (QED) is 0.782. The van der Waals surface area contributed by atoms with Gasteiger partial charge in [0.25, 0.3) is 0 Å². The predicted octanol–water partition coefficient (Wildman–Crippen LogP) is 3.34. The van der Waals surface area contributed by atoms with Gasteiger partial charge in [0, 0.05) is 41.5 Å². The number of hydrogen-bond donors (Lipinski definition) is 1. The maximum absolute atomic E-state index is 4.43. The van der Waals surface area contributed by atoms with Crippen LogP contribution in [0, 0.1) is 6.92 Å². The second-order valence-corrected chi connectivity index (χ2v) is 5.89. The molecule has 20 heavy (non-hydrogen) atoms. The van der Waals surface area contributed by atoms with Crippen LogP contribution in [0.25, 0.3) is 5.65 Å². The molecule has 104 valence electrons. The van der Waals surface area contributed by atoms with Crippen molar-refractivity contribution in [2.24, 2.45) is 0 Å². The molecule has 0 amide bonds. The van der Waals surface area contributed by atoms with Crippen LogP contribution in [0.5, 0.6) is 0 Å². The van der Waals surface area contributed by atoms with E-state index in [0.717, 1.165) is 29.9 Å². The number of fused-ring (bicyclic) bond motifs is 1. The monoisotopic (exact) mass is 286 g/mol. The lowest BCUT2D eigenvalue weighted by molar-refractivity contribution is 0.525. The molecule has 5 heteroatoms. The van der Waals surface area contributed by atoms with Crippen molar-refractivity contribution in [1.82, 2.24) is 19.9 Å². The van der Waals surface area contributed by atoms with Crippen LogP contribution < -0.4 is 5.32 Å². The van der Waals surface area contributed by atoms with Crippen LogP contribution in [0.4, 0.5) is 0 Å². The Morgan fingerprint density at radius 1 is 1.45 bits per heavy atom. The van der Waals surface area contributed by atoms with Gasteiger partial charge in [-0.05, 0) is 24.8 Å². The number of hydrogen-bond acceptors (Lipinski definition) is 4. The number of nitrogens with one attached hydrogen (secondary N) is 1. The minimum Gasteiger partial charge on any atom is -0.305 e. The summed E-state index contributed by atoms with van der Waals surface area (Å²) in [6, 6.07) is 6.68. The molecule has 0 radical (unpaired) electrons. The number of thiophene rings is 1. The number of aromatic nitrogens is 3. The van der Waals surface area contributed by atoms with Gasteiger partial charge in [-0.2, -0.15) is 5.10 Å². The molecule has 3 aromatic rings. The lowest BCUT2D eigenvalue weighted by atomic mass is 10.2. The molecule has 0 aliphatic carbocycles.